The van der Waals surface area contributed by atoms with Crippen molar-refractivity contribution < 1.29 is 18.0 Å². The summed E-state index contributed by atoms with van der Waals surface area (Å²) in [7, 11) is -3.53. The van der Waals surface area contributed by atoms with Crippen molar-refractivity contribution in [3.05, 3.63) is 93.5 Å². The number of sulfone groups is 1. The molecule has 3 heterocycles. The third-order valence-electron chi connectivity index (χ3n) is 9.10. The number of nitrogens with zero attached hydrogens (tertiary/aromatic N) is 2. The molecule has 48 heavy (non-hydrogen) atoms. The van der Waals surface area contributed by atoms with Crippen LogP contribution in [-0.2, 0) is 21.7 Å². The molecule has 1 atom stereocenters. The molecule has 2 aromatic heterocycles. The van der Waals surface area contributed by atoms with E-state index in [1.807, 2.05) is 73.7 Å². The number of amides is 2. The van der Waals surface area contributed by atoms with Crippen molar-refractivity contribution in [1.82, 2.24) is 15.1 Å². The number of aryl methyl sites for hydroxylation is 1. The van der Waals surface area contributed by atoms with Crippen molar-refractivity contribution in [3.8, 4) is 5.69 Å². The first-order chi connectivity index (χ1) is 22.8. The van der Waals surface area contributed by atoms with E-state index in [2.05, 4.69) is 36.7 Å². The molecule has 2 amide bonds. The van der Waals surface area contributed by atoms with E-state index in [0.29, 0.717) is 28.4 Å². The molecule has 2 aliphatic rings. The molecule has 252 valence electrons. The van der Waals surface area contributed by atoms with Crippen LogP contribution in [0, 0.1) is 12.8 Å². The molecule has 4 aromatic rings. The molecule has 2 aromatic carbocycles. The van der Waals surface area contributed by atoms with Gasteiger partial charge >= 0.3 is 6.03 Å². The summed E-state index contributed by atoms with van der Waals surface area (Å²) in [6, 6.07) is 16.8. The summed E-state index contributed by atoms with van der Waals surface area (Å²) >= 11 is 1.09. The second kappa shape index (κ2) is 13.4. The Hall–Kier alpha value is -4.06. The van der Waals surface area contributed by atoms with Crippen LogP contribution in [0.1, 0.15) is 83.6 Å². The highest BCUT2D eigenvalue weighted by molar-refractivity contribution is 7.92. The number of carbonyl (C=O) groups is 2. The van der Waals surface area contributed by atoms with E-state index in [4.69, 9.17) is 5.10 Å². The van der Waals surface area contributed by atoms with Crippen molar-refractivity contribution in [3.63, 3.8) is 0 Å². The first-order valence-corrected chi connectivity index (χ1v) is 19.1. The molecule has 1 aliphatic carbocycles. The fourth-order valence-corrected chi connectivity index (χ4v) is 9.07. The van der Waals surface area contributed by atoms with Gasteiger partial charge in [0.2, 0.25) is 0 Å². The number of ketones is 1. The van der Waals surface area contributed by atoms with Gasteiger partial charge in [0.25, 0.3) is 0 Å². The quantitative estimate of drug-likeness (QED) is 0.165. The van der Waals surface area contributed by atoms with Crippen LogP contribution in [0.5, 0.6) is 0 Å². The van der Waals surface area contributed by atoms with Gasteiger partial charge in [-0.3, -0.25) is 10.1 Å². The van der Waals surface area contributed by atoms with Crippen LogP contribution in [0.3, 0.4) is 0 Å². The smallest absolute Gasteiger partial charge is 0.317 e. The number of thiophene rings is 1. The van der Waals surface area contributed by atoms with Gasteiger partial charge in [-0.05, 0) is 80.9 Å². The molecule has 6 rings (SSSR count). The van der Waals surface area contributed by atoms with Crippen LogP contribution >= 0.6 is 11.3 Å². The van der Waals surface area contributed by atoms with Crippen LogP contribution in [0.4, 0.5) is 16.3 Å². The maximum atomic E-state index is 14.7. The molecule has 9 nitrogen and oxygen atoms in total. The number of fused-ring (bicyclic) bond motifs is 1. The Morgan fingerprint density at radius 3 is 2.44 bits per heavy atom. The SMILES string of the molecule is Cc1ccc(-n2nc(C(C)(C)C)cc2NC(=O)Nc2ccccc2C(C(=O)c2sc(S(C)(=O)=O)c3c2CCC=C3)C2CCNCC2)cc1. The Bertz CT molecular complexity index is 1980. The Morgan fingerprint density at radius 1 is 1.04 bits per heavy atom. The first kappa shape index (κ1) is 33.8. The molecular formula is C37H43N5O4S2. The third kappa shape index (κ3) is 7.04. The summed E-state index contributed by atoms with van der Waals surface area (Å²) in [5.74, 6) is -0.109. The lowest BCUT2D eigenvalue weighted by Gasteiger charge is -2.31. The number of hydrogen-bond donors (Lipinski definition) is 3. The van der Waals surface area contributed by atoms with Gasteiger partial charge in [0.1, 0.15) is 10.0 Å². The summed E-state index contributed by atoms with van der Waals surface area (Å²) in [4.78, 5) is 29.0. The van der Waals surface area contributed by atoms with Crippen molar-refractivity contribution in [2.45, 2.75) is 68.9 Å². The molecule has 0 spiro atoms. The number of hydrogen-bond acceptors (Lipinski definition) is 7. The van der Waals surface area contributed by atoms with E-state index in [-0.39, 0.29) is 21.3 Å². The highest BCUT2D eigenvalue weighted by Gasteiger charge is 2.37. The zero-order valence-electron chi connectivity index (χ0n) is 28.1. The Kier molecular flexibility index (Phi) is 9.48. The molecule has 0 saturated carbocycles. The molecule has 3 N–H and O–H groups in total. The summed E-state index contributed by atoms with van der Waals surface area (Å²) in [6.07, 6.45) is 7.95. The summed E-state index contributed by atoms with van der Waals surface area (Å²) in [6.45, 7) is 9.81. The number of carbonyl (C=O) groups excluding carboxylic acids is 2. The van der Waals surface area contributed by atoms with Crippen LogP contribution in [-0.4, -0.2) is 49.4 Å². The molecular weight excluding hydrogens is 643 g/mol. The second-order valence-corrected chi connectivity index (χ2v) is 17.1. The number of nitrogens with one attached hydrogen (secondary N) is 3. The maximum absolute atomic E-state index is 14.7. The van der Waals surface area contributed by atoms with Crippen LogP contribution < -0.4 is 16.0 Å². The molecule has 1 saturated heterocycles. The highest BCUT2D eigenvalue weighted by Crippen LogP contribution is 2.43. The predicted octanol–water partition coefficient (Wildman–Crippen LogP) is 7.51. The second-order valence-electron chi connectivity index (χ2n) is 13.8. The van der Waals surface area contributed by atoms with Gasteiger partial charge in [-0.15, -0.1) is 11.3 Å². The monoisotopic (exact) mass is 685 g/mol. The van der Waals surface area contributed by atoms with Crippen LogP contribution in [0.2, 0.25) is 0 Å². The largest absolute Gasteiger partial charge is 0.324 e. The predicted molar refractivity (Wildman–Crippen MR) is 194 cm³/mol. The first-order valence-electron chi connectivity index (χ1n) is 16.4. The number of para-hydroxylation sites is 1. The van der Waals surface area contributed by atoms with Crippen LogP contribution in [0.15, 0.2) is 64.9 Å². The Balaban J connectivity index is 1.36. The van der Waals surface area contributed by atoms with Gasteiger partial charge in [-0.1, -0.05) is 68.8 Å². The lowest BCUT2D eigenvalue weighted by atomic mass is 9.76. The van der Waals surface area contributed by atoms with Crippen LogP contribution in [0.25, 0.3) is 11.8 Å². The molecule has 11 heteroatoms. The standard InChI is InChI=1S/C37H43N5O4S2/c1-23-14-16-25(17-15-23)42-31(22-30(41-42)37(2,3)4)40-36(44)39-29-13-9-8-12-28(29)32(24-18-20-38-21-19-24)33(43)34-26-10-6-7-11-27(26)35(47-34)48(5,45)46/h7-9,11-17,22,24,32,38H,6,10,18-21H2,1-5H3,(H2,39,40,44). The number of Topliss-reactive ketones (excluding diaryl/α,β-unsaturated/α-hetero) is 1. The maximum Gasteiger partial charge on any atom is 0.324 e. The summed E-state index contributed by atoms with van der Waals surface area (Å²) in [5, 5.41) is 14.3. The minimum atomic E-state index is -3.53. The molecule has 1 aliphatic heterocycles. The number of urea groups is 1. The van der Waals surface area contributed by atoms with E-state index >= 15 is 0 Å². The zero-order chi connectivity index (χ0) is 34.2. The summed E-state index contributed by atoms with van der Waals surface area (Å²) < 4.78 is 27.6. The van der Waals surface area contributed by atoms with Crippen molar-refractivity contribution in [2.75, 3.05) is 30.0 Å². The molecule has 0 radical (unpaired) electrons. The number of benzene rings is 2. The minimum absolute atomic E-state index is 0.0145. The van der Waals surface area contributed by atoms with Gasteiger partial charge in [0.05, 0.1) is 22.2 Å². The number of allylic oxidation sites excluding steroid dienone is 1. The van der Waals surface area contributed by atoms with Crippen molar-refractivity contribution in [1.29, 1.82) is 0 Å². The van der Waals surface area contributed by atoms with Gasteiger partial charge in [0.15, 0.2) is 15.6 Å². The van der Waals surface area contributed by atoms with E-state index in [0.717, 1.165) is 71.8 Å². The van der Waals surface area contributed by atoms with Gasteiger partial charge in [-0.2, -0.15) is 5.10 Å². The number of rotatable bonds is 8. The number of anilines is 2. The van der Waals surface area contributed by atoms with E-state index in [1.54, 1.807) is 4.68 Å². The van der Waals surface area contributed by atoms with E-state index in [1.165, 1.54) is 6.26 Å². The highest BCUT2D eigenvalue weighted by atomic mass is 32.2. The van der Waals surface area contributed by atoms with Gasteiger partial charge < -0.3 is 10.6 Å². The average molecular weight is 686 g/mol. The van der Waals surface area contributed by atoms with Crippen molar-refractivity contribution >= 4 is 50.6 Å². The Morgan fingerprint density at radius 2 is 1.75 bits per heavy atom. The third-order valence-corrected chi connectivity index (χ3v) is 12.2. The fraction of sp³-hybridized carbons (Fsp3) is 0.378. The molecule has 1 unspecified atom stereocenters. The Labute approximate surface area is 286 Å². The zero-order valence-corrected chi connectivity index (χ0v) is 29.7. The number of piperidine rings is 1. The number of aromatic nitrogens is 2. The fourth-order valence-electron chi connectivity index (χ4n) is 6.57. The lowest BCUT2D eigenvalue weighted by molar-refractivity contribution is 0.0919. The lowest BCUT2D eigenvalue weighted by Crippen LogP contribution is -2.34. The topological polar surface area (TPSA) is 122 Å². The minimum Gasteiger partial charge on any atom is -0.317 e. The van der Waals surface area contributed by atoms with Gasteiger partial charge in [-0.25, -0.2) is 17.9 Å². The summed E-state index contributed by atoms with van der Waals surface area (Å²) in [5.41, 5.74) is 5.26. The van der Waals surface area contributed by atoms with E-state index < -0.39 is 21.8 Å². The molecule has 1 fully saturated rings. The average Bonchev–Trinajstić information content (AvgIpc) is 3.65. The van der Waals surface area contributed by atoms with Gasteiger partial charge in [0, 0.05) is 29.0 Å². The van der Waals surface area contributed by atoms with Crippen molar-refractivity contribution in [2.24, 2.45) is 5.92 Å². The van der Waals surface area contributed by atoms with E-state index in [9.17, 15) is 18.0 Å². The normalized spacial score (nSPS) is 15.9. The molecule has 0 bridgehead atoms.